The molecule has 0 atom stereocenters. The third kappa shape index (κ3) is 6.65. The molecular formula is C40H28Cl2SiZr. The number of halogens is 2. The van der Waals surface area contributed by atoms with Gasteiger partial charge in [-0.2, -0.15) is 29.5 Å². The average molecular weight is 699 g/mol. The van der Waals surface area contributed by atoms with E-state index in [1.165, 1.54) is 71.2 Å². The number of fused-ring (bicyclic) bond motifs is 4. The van der Waals surface area contributed by atoms with Crippen LogP contribution in [-0.4, -0.2) is 9.52 Å². The molecule has 0 bridgehead atoms. The second-order valence-corrected chi connectivity index (χ2v) is 15.5. The molecule has 0 aromatic heterocycles. The molecule has 2 radical (unpaired) electrons. The summed E-state index contributed by atoms with van der Waals surface area (Å²) in [7, 11) is 10.7. The molecular weight excluding hydrogens is 671 g/mol. The number of hydrogen-bond acceptors (Lipinski definition) is 0. The molecule has 7 aromatic rings. The van der Waals surface area contributed by atoms with Crippen LogP contribution < -0.4 is 10.4 Å². The molecule has 1 aliphatic heterocycles. The Kier molecular flexibility index (Phi) is 10.2. The molecule has 0 aliphatic carbocycles. The van der Waals surface area contributed by atoms with E-state index in [2.05, 4.69) is 159 Å². The van der Waals surface area contributed by atoms with Gasteiger partial charge in [0.05, 0.1) is 9.52 Å². The van der Waals surface area contributed by atoms with Gasteiger partial charge in [0.1, 0.15) is 0 Å². The van der Waals surface area contributed by atoms with Crippen molar-refractivity contribution in [3.8, 4) is 44.5 Å². The molecule has 1 aliphatic rings. The van der Waals surface area contributed by atoms with Crippen molar-refractivity contribution in [2.45, 2.75) is 6.92 Å². The van der Waals surface area contributed by atoms with E-state index < -0.39 is 20.8 Å². The molecule has 0 fully saturated rings. The molecule has 210 valence electrons. The van der Waals surface area contributed by atoms with Crippen molar-refractivity contribution in [2.75, 3.05) is 0 Å². The van der Waals surface area contributed by atoms with E-state index in [9.17, 15) is 0 Å². The largest absolute Gasteiger partial charge is 0.184 e. The van der Waals surface area contributed by atoms with E-state index in [-0.39, 0.29) is 0 Å². The molecule has 0 spiro atoms. The molecule has 0 N–H and O–H groups in total. The van der Waals surface area contributed by atoms with Crippen LogP contribution in [0.2, 0.25) is 0 Å². The van der Waals surface area contributed by atoms with Gasteiger partial charge in [0.15, 0.2) is 0 Å². The minimum absolute atomic E-state index is 0.795. The van der Waals surface area contributed by atoms with Crippen LogP contribution in [0.5, 0.6) is 0 Å². The molecule has 1 heterocycles. The van der Waals surface area contributed by atoms with Crippen molar-refractivity contribution in [1.82, 2.24) is 0 Å². The zero-order chi connectivity index (χ0) is 30.3. The van der Waals surface area contributed by atoms with Crippen LogP contribution >= 0.6 is 17.0 Å². The summed E-state index contributed by atoms with van der Waals surface area (Å²) < 4.78 is 0. The fourth-order valence-electron chi connectivity index (χ4n) is 5.84. The first-order valence-corrected chi connectivity index (χ1v) is 21.7. The summed E-state index contributed by atoms with van der Waals surface area (Å²) in [4.78, 5) is 0. The molecule has 7 aromatic carbocycles. The SMILES string of the molecule is Cc1ccc2[cH-]c(-c3ccccc3)cc2c1-c1ccccc1-c1ccccc1.[Cl][Zr+2][Cl].[c-]1cccc2c1[Si]c1ccccc1-2. The summed E-state index contributed by atoms with van der Waals surface area (Å²) in [5.41, 5.74) is 11.8. The fourth-order valence-corrected chi connectivity index (χ4v) is 7.15. The summed E-state index contributed by atoms with van der Waals surface area (Å²) in [6.07, 6.45) is 0. The Hall–Kier alpha value is -3.39. The average Bonchev–Trinajstić information content (AvgIpc) is 3.68. The maximum Gasteiger partial charge on any atom is 0.0920 e. The van der Waals surface area contributed by atoms with Crippen molar-refractivity contribution in [3.63, 3.8) is 0 Å². The smallest absolute Gasteiger partial charge is 0.0920 e. The molecule has 4 heteroatoms. The van der Waals surface area contributed by atoms with E-state index in [0.29, 0.717) is 0 Å². The monoisotopic (exact) mass is 696 g/mol. The van der Waals surface area contributed by atoms with Gasteiger partial charge in [0.2, 0.25) is 0 Å². The second kappa shape index (κ2) is 14.6. The van der Waals surface area contributed by atoms with Gasteiger partial charge in [-0.1, -0.05) is 137 Å². The second-order valence-electron chi connectivity index (χ2n) is 10.5. The minimum atomic E-state index is -0.826. The number of aryl methyl sites for hydroxylation is 1. The topological polar surface area (TPSA) is 0 Å². The first kappa shape index (κ1) is 30.6. The van der Waals surface area contributed by atoms with Gasteiger partial charge in [-0.25, -0.2) is 0 Å². The predicted molar refractivity (Wildman–Crippen MR) is 188 cm³/mol. The fraction of sp³-hybridized carbons (Fsp3) is 0.0250. The van der Waals surface area contributed by atoms with Gasteiger partial charge in [-0.3, -0.25) is 0 Å². The molecule has 0 nitrogen and oxygen atoms in total. The van der Waals surface area contributed by atoms with E-state index in [0.717, 1.165) is 9.52 Å². The quantitative estimate of drug-likeness (QED) is 0.127. The maximum atomic E-state index is 4.93. The Morgan fingerprint density at radius 1 is 0.614 bits per heavy atom. The summed E-state index contributed by atoms with van der Waals surface area (Å²) in [6.45, 7) is 2.21. The van der Waals surface area contributed by atoms with Crippen molar-refractivity contribution in [1.29, 1.82) is 0 Å². The Bertz CT molecular complexity index is 1950. The van der Waals surface area contributed by atoms with Gasteiger partial charge < -0.3 is 0 Å². The zero-order valence-electron chi connectivity index (χ0n) is 24.2. The molecule has 0 saturated carbocycles. The molecule has 8 rings (SSSR count). The first-order chi connectivity index (χ1) is 21.7. The van der Waals surface area contributed by atoms with Gasteiger partial charge in [0, 0.05) is 0 Å². The third-order valence-corrected chi connectivity index (χ3v) is 9.19. The Morgan fingerprint density at radius 2 is 1.20 bits per heavy atom. The van der Waals surface area contributed by atoms with E-state index >= 15 is 0 Å². The van der Waals surface area contributed by atoms with Gasteiger partial charge in [-0.15, -0.1) is 40.1 Å². The normalized spacial score (nSPS) is 10.9. The Morgan fingerprint density at radius 3 is 1.93 bits per heavy atom. The summed E-state index contributed by atoms with van der Waals surface area (Å²) in [6, 6.07) is 57.3. The third-order valence-electron chi connectivity index (χ3n) is 7.82. The van der Waals surface area contributed by atoms with Crippen molar-refractivity contribution < 1.29 is 20.8 Å². The van der Waals surface area contributed by atoms with Crippen LogP contribution in [0.1, 0.15) is 5.56 Å². The standard InChI is InChI=1S/C28H21.C12H7Si.2ClH.Zr/c1-20-16-17-23-18-24(21-10-4-2-5-11-21)19-27(23)28(20)26-15-9-8-14-25(26)22-12-6-3-7-13-22;1-3-7-11-9(5-1)10-6-2-4-8-12(10)13-11;;;/h2-19H,1H3;1-7H;2*1H;/q2*-1;;;+4/p-2. The van der Waals surface area contributed by atoms with Crippen molar-refractivity contribution in [2.24, 2.45) is 0 Å². The van der Waals surface area contributed by atoms with E-state index in [1.54, 1.807) is 0 Å². The zero-order valence-corrected chi connectivity index (χ0v) is 29.2. The van der Waals surface area contributed by atoms with Gasteiger partial charge >= 0.3 is 37.9 Å². The predicted octanol–water partition coefficient (Wildman–Crippen LogP) is 10.4. The van der Waals surface area contributed by atoms with E-state index in [4.69, 9.17) is 17.0 Å². The van der Waals surface area contributed by atoms with Crippen LogP contribution in [0.3, 0.4) is 0 Å². The van der Waals surface area contributed by atoms with Crippen LogP contribution in [0.15, 0.2) is 152 Å². The maximum absolute atomic E-state index is 4.93. The van der Waals surface area contributed by atoms with Gasteiger partial charge in [-0.05, 0) is 29.2 Å². The summed E-state index contributed by atoms with van der Waals surface area (Å²) in [5.74, 6) is 0. The Balaban J connectivity index is 0.000000177. The van der Waals surface area contributed by atoms with Crippen LogP contribution in [0.4, 0.5) is 0 Å². The molecule has 0 saturated heterocycles. The van der Waals surface area contributed by atoms with E-state index in [1.807, 2.05) is 6.07 Å². The molecule has 44 heavy (non-hydrogen) atoms. The number of rotatable bonds is 3. The minimum Gasteiger partial charge on any atom is -0.184 e. The summed E-state index contributed by atoms with van der Waals surface area (Å²) >= 11 is -0.826. The van der Waals surface area contributed by atoms with Crippen molar-refractivity contribution in [3.05, 3.63) is 163 Å². The number of hydrogen-bond donors (Lipinski definition) is 0. The molecule has 0 unspecified atom stereocenters. The van der Waals surface area contributed by atoms with Crippen LogP contribution in [0, 0.1) is 13.0 Å². The van der Waals surface area contributed by atoms with Crippen LogP contribution in [-0.2, 0) is 20.8 Å². The first-order valence-electron chi connectivity index (χ1n) is 14.4. The molecule has 0 amide bonds. The van der Waals surface area contributed by atoms with Crippen molar-refractivity contribution >= 4 is 47.7 Å². The Labute approximate surface area is 281 Å². The number of benzene rings is 6. The summed E-state index contributed by atoms with van der Waals surface area (Å²) in [5, 5.41) is 5.44. The van der Waals surface area contributed by atoms with Gasteiger partial charge in [0.25, 0.3) is 0 Å². The van der Waals surface area contributed by atoms with Crippen LogP contribution in [0.25, 0.3) is 55.3 Å².